The number of benzene rings is 2. The van der Waals surface area contributed by atoms with Crippen LogP contribution >= 0.6 is 11.3 Å². The van der Waals surface area contributed by atoms with Crippen LogP contribution in [-0.2, 0) is 37.3 Å². The standard InChI is InChI=1S/C23H23N3O5S2/c1-15-7-9-16(10-8-15)19-14-32-23(24-19)25-21(27)13-31-22(28)20-11-17-5-3-4-6-18(17)12-26(20)33(2,29)30/h3-10,14,20H,11-13H2,1-2H3,(H,24,25,27)/t20-/m0/s1. The van der Waals surface area contributed by atoms with Crippen LogP contribution in [0.5, 0.6) is 0 Å². The Morgan fingerprint density at radius 1 is 1.15 bits per heavy atom. The number of hydrogen-bond acceptors (Lipinski definition) is 7. The Labute approximate surface area is 196 Å². The highest BCUT2D eigenvalue weighted by Crippen LogP contribution is 2.27. The molecule has 1 amide bonds. The third-order valence-corrected chi connectivity index (χ3v) is 7.34. The first-order chi connectivity index (χ1) is 15.7. The summed E-state index contributed by atoms with van der Waals surface area (Å²) in [4.78, 5) is 29.4. The fraction of sp³-hybridized carbons (Fsp3) is 0.261. The van der Waals surface area contributed by atoms with Gasteiger partial charge < -0.3 is 4.74 Å². The molecule has 0 spiro atoms. The Bertz CT molecular complexity index is 1290. The van der Waals surface area contributed by atoms with Crippen molar-refractivity contribution in [3.8, 4) is 11.3 Å². The summed E-state index contributed by atoms with van der Waals surface area (Å²) in [7, 11) is -3.65. The number of aromatic nitrogens is 1. The molecule has 0 saturated heterocycles. The van der Waals surface area contributed by atoms with Crippen LogP contribution in [0.15, 0.2) is 53.9 Å². The van der Waals surface area contributed by atoms with Gasteiger partial charge in [0.1, 0.15) is 6.04 Å². The van der Waals surface area contributed by atoms with E-state index in [9.17, 15) is 18.0 Å². The molecule has 0 radical (unpaired) electrons. The number of carbonyl (C=O) groups excluding carboxylic acids is 2. The summed E-state index contributed by atoms with van der Waals surface area (Å²) < 4.78 is 30.8. The zero-order valence-electron chi connectivity index (χ0n) is 18.1. The van der Waals surface area contributed by atoms with Gasteiger partial charge >= 0.3 is 5.97 Å². The highest BCUT2D eigenvalue weighted by molar-refractivity contribution is 7.88. The summed E-state index contributed by atoms with van der Waals surface area (Å²) in [6, 6.07) is 14.2. The molecule has 0 saturated carbocycles. The van der Waals surface area contributed by atoms with Crippen molar-refractivity contribution in [1.82, 2.24) is 9.29 Å². The van der Waals surface area contributed by atoms with Gasteiger partial charge in [0.2, 0.25) is 10.0 Å². The molecule has 2 aromatic carbocycles. The molecular formula is C23H23N3O5S2. The molecule has 1 aliphatic rings. The predicted molar refractivity (Wildman–Crippen MR) is 126 cm³/mol. The monoisotopic (exact) mass is 485 g/mol. The highest BCUT2D eigenvalue weighted by atomic mass is 32.2. The maximum atomic E-state index is 12.7. The van der Waals surface area contributed by atoms with E-state index >= 15 is 0 Å². The minimum atomic E-state index is -3.65. The van der Waals surface area contributed by atoms with Crippen LogP contribution in [0.25, 0.3) is 11.3 Å². The van der Waals surface area contributed by atoms with Crippen LogP contribution in [0, 0.1) is 6.92 Å². The van der Waals surface area contributed by atoms with Crippen LogP contribution in [0.1, 0.15) is 16.7 Å². The first-order valence-corrected chi connectivity index (χ1v) is 13.0. The van der Waals surface area contributed by atoms with Gasteiger partial charge in [-0.05, 0) is 18.1 Å². The largest absolute Gasteiger partial charge is 0.454 e. The van der Waals surface area contributed by atoms with E-state index in [4.69, 9.17) is 4.74 Å². The van der Waals surface area contributed by atoms with Gasteiger partial charge in [-0.1, -0.05) is 54.1 Å². The Balaban J connectivity index is 1.38. The second kappa shape index (κ2) is 9.42. The lowest BCUT2D eigenvalue weighted by molar-refractivity contribution is -0.151. The van der Waals surface area contributed by atoms with Gasteiger partial charge in [-0.3, -0.25) is 14.9 Å². The lowest BCUT2D eigenvalue weighted by Crippen LogP contribution is -2.49. The van der Waals surface area contributed by atoms with E-state index in [1.807, 2.05) is 60.8 Å². The minimum Gasteiger partial charge on any atom is -0.454 e. The molecule has 1 N–H and O–H groups in total. The van der Waals surface area contributed by atoms with Gasteiger partial charge in [-0.15, -0.1) is 11.3 Å². The summed E-state index contributed by atoms with van der Waals surface area (Å²) in [5, 5.41) is 4.83. The van der Waals surface area contributed by atoms with Crippen molar-refractivity contribution in [2.45, 2.75) is 25.9 Å². The molecule has 3 aromatic rings. The maximum absolute atomic E-state index is 12.7. The third kappa shape index (κ3) is 5.47. The molecule has 10 heteroatoms. The summed E-state index contributed by atoms with van der Waals surface area (Å²) in [5.41, 5.74) is 4.53. The van der Waals surface area contributed by atoms with Crippen molar-refractivity contribution in [3.63, 3.8) is 0 Å². The molecule has 8 nitrogen and oxygen atoms in total. The van der Waals surface area contributed by atoms with Crippen molar-refractivity contribution in [2.24, 2.45) is 0 Å². The number of hydrogen-bond donors (Lipinski definition) is 1. The Morgan fingerprint density at radius 2 is 1.85 bits per heavy atom. The summed E-state index contributed by atoms with van der Waals surface area (Å²) >= 11 is 1.26. The first kappa shape index (κ1) is 23.1. The minimum absolute atomic E-state index is 0.0852. The normalized spacial score (nSPS) is 16.1. The number of carbonyl (C=O) groups is 2. The van der Waals surface area contributed by atoms with E-state index in [0.717, 1.165) is 38.5 Å². The van der Waals surface area contributed by atoms with Crippen molar-refractivity contribution in [3.05, 3.63) is 70.6 Å². The molecule has 1 aromatic heterocycles. The zero-order valence-corrected chi connectivity index (χ0v) is 19.8. The molecule has 0 bridgehead atoms. The Morgan fingerprint density at radius 3 is 2.55 bits per heavy atom. The van der Waals surface area contributed by atoms with E-state index in [1.54, 1.807) is 0 Å². The molecule has 1 atom stereocenters. The van der Waals surface area contributed by atoms with Crippen LogP contribution in [-0.4, -0.2) is 48.5 Å². The van der Waals surface area contributed by atoms with E-state index in [-0.39, 0.29) is 13.0 Å². The Kier molecular flexibility index (Phi) is 6.59. The first-order valence-electron chi connectivity index (χ1n) is 10.2. The molecule has 2 heterocycles. The van der Waals surface area contributed by atoms with Crippen molar-refractivity contribution in [1.29, 1.82) is 0 Å². The Hall–Kier alpha value is -3.08. The van der Waals surface area contributed by atoms with Gasteiger partial charge in [0.05, 0.1) is 11.9 Å². The number of sulfonamides is 1. The molecule has 4 rings (SSSR count). The van der Waals surface area contributed by atoms with Gasteiger partial charge in [-0.25, -0.2) is 13.4 Å². The van der Waals surface area contributed by atoms with Crippen LogP contribution < -0.4 is 5.32 Å². The van der Waals surface area contributed by atoms with Gasteiger partial charge in [0.15, 0.2) is 11.7 Å². The maximum Gasteiger partial charge on any atom is 0.325 e. The number of aryl methyl sites for hydroxylation is 1. The number of amides is 1. The summed E-state index contributed by atoms with van der Waals surface area (Å²) in [5.74, 6) is -1.31. The molecule has 33 heavy (non-hydrogen) atoms. The van der Waals surface area contributed by atoms with Gasteiger partial charge in [-0.2, -0.15) is 4.31 Å². The van der Waals surface area contributed by atoms with E-state index in [0.29, 0.717) is 5.13 Å². The number of rotatable bonds is 6. The van der Waals surface area contributed by atoms with E-state index in [2.05, 4.69) is 10.3 Å². The molecule has 0 fully saturated rings. The fourth-order valence-corrected chi connectivity index (χ4v) is 5.36. The zero-order chi connectivity index (χ0) is 23.6. The van der Waals surface area contributed by atoms with Gasteiger partial charge in [0.25, 0.3) is 5.91 Å². The third-order valence-electron chi connectivity index (χ3n) is 5.35. The number of ether oxygens (including phenoxy) is 1. The lowest BCUT2D eigenvalue weighted by Gasteiger charge is -2.33. The molecule has 0 aliphatic carbocycles. The number of esters is 1. The number of nitrogens with one attached hydrogen (secondary N) is 1. The molecule has 1 aliphatic heterocycles. The summed E-state index contributed by atoms with van der Waals surface area (Å²) in [6.45, 7) is 1.55. The topological polar surface area (TPSA) is 106 Å². The highest BCUT2D eigenvalue weighted by Gasteiger charge is 2.38. The quantitative estimate of drug-likeness (QED) is 0.538. The van der Waals surface area contributed by atoms with Crippen LogP contribution in [0.3, 0.4) is 0 Å². The average molecular weight is 486 g/mol. The SMILES string of the molecule is Cc1ccc(-c2csc(NC(=O)COC(=O)[C@@H]3Cc4ccccc4CN3S(C)(=O)=O)n2)cc1. The van der Waals surface area contributed by atoms with Gasteiger partial charge in [0, 0.05) is 23.9 Å². The molecule has 0 unspecified atom stereocenters. The number of fused-ring (bicyclic) bond motifs is 1. The number of nitrogens with zero attached hydrogens (tertiary/aromatic N) is 2. The molecule has 172 valence electrons. The predicted octanol–water partition coefficient (Wildman–Crippen LogP) is 2.99. The van der Waals surface area contributed by atoms with Crippen LogP contribution in [0.4, 0.5) is 5.13 Å². The fourth-order valence-electron chi connectivity index (χ4n) is 3.62. The average Bonchev–Trinajstić information content (AvgIpc) is 3.24. The number of thiazole rings is 1. The second-order valence-corrected chi connectivity index (χ2v) is 10.6. The number of anilines is 1. The molecular weight excluding hydrogens is 462 g/mol. The van der Waals surface area contributed by atoms with Crippen LogP contribution in [0.2, 0.25) is 0 Å². The van der Waals surface area contributed by atoms with E-state index < -0.39 is 34.5 Å². The second-order valence-electron chi connectivity index (χ2n) is 7.86. The van der Waals surface area contributed by atoms with Crippen molar-refractivity contribution >= 4 is 38.4 Å². The van der Waals surface area contributed by atoms with Crippen molar-refractivity contribution < 1.29 is 22.7 Å². The summed E-state index contributed by atoms with van der Waals surface area (Å²) in [6.07, 6.45) is 1.25. The smallest absolute Gasteiger partial charge is 0.325 e. The van der Waals surface area contributed by atoms with Crippen molar-refractivity contribution in [2.75, 3.05) is 18.2 Å². The lowest BCUT2D eigenvalue weighted by atomic mass is 9.96. The van der Waals surface area contributed by atoms with E-state index in [1.165, 1.54) is 11.3 Å².